The van der Waals surface area contributed by atoms with Crippen LogP contribution in [0.1, 0.15) is 37.1 Å². The molecule has 22 heavy (non-hydrogen) atoms. The molecule has 1 aromatic carbocycles. The molecule has 2 amide bonds. The molecule has 5 heteroatoms. The summed E-state index contributed by atoms with van der Waals surface area (Å²) in [6.45, 7) is 2.66. The summed E-state index contributed by atoms with van der Waals surface area (Å²) < 4.78 is 2.09. The van der Waals surface area contributed by atoms with Gasteiger partial charge in [-0.25, -0.2) is 9.78 Å². The molecule has 1 saturated carbocycles. The number of hydrogen-bond acceptors (Lipinski definition) is 2. The largest absolute Gasteiger partial charge is 0.338 e. The molecular formula is C17H24N4O. The average Bonchev–Trinajstić information content (AvgIpc) is 3.08. The van der Waals surface area contributed by atoms with Crippen LogP contribution in [0.5, 0.6) is 0 Å². The molecule has 3 rings (SSSR count). The molecule has 0 unspecified atom stereocenters. The minimum absolute atomic E-state index is 0.0401. The van der Waals surface area contributed by atoms with Crippen LogP contribution in [-0.2, 0) is 13.5 Å². The molecule has 1 aliphatic carbocycles. The zero-order valence-corrected chi connectivity index (χ0v) is 13.4. The van der Waals surface area contributed by atoms with Crippen LogP contribution in [0, 0.1) is 6.92 Å². The summed E-state index contributed by atoms with van der Waals surface area (Å²) in [7, 11) is 2.03. The number of fused-ring (bicyclic) bond motifs is 1. The lowest BCUT2D eigenvalue weighted by atomic mass is 10.1. The Labute approximate surface area is 131 Å². The van der Waals surface area contributed by atoms with Crippen molar-refractivity contribution in [2.75, 3.05) is 6.54 Å². The van der Waals surface area contributed by atoms with E-state index in [1.165, 1.54) is 18.4 Å². The number of carbonyl (C=O) groups is 1. The molecule has 0 atom stereocenters. The van der Waals surface area contributed by atoms with Crippen LogP contribution in [0.25, 0.3) is 11.0 Å². The molecule has 0 bridgehead atoms. The Hall–Kier alpha value is -2.04. The lowest BCUT2D eigenvalue weighted by Crippen LogP contribution is -2.41. The van der Waals surface area contributed by atoms with Crippen LogP contribution in [0.2, 0.25) is 0 Å². The molecule has 1 aliphatic rings. The fourth-order valence-corrected chi connectivity index (χ4v) is 3.15. The van der Waals surface area contributed by atoms with Crippen LogP contribution in [0.4, 0.5) is 4.79 Å². The Kier molecular flexibility index (Phi) is 4.32. The second-order valence-electron chi connectivity index (χ2n) is 6.17. The summed E-state index contributed by atoms with van der Waals surface area (Å²) in [6.07, 6.45) is 5.51. The molecule has 1 fully saturated rings. The number of rotatable bonds is 4. The highest BCUT2D eigenvalue weighted by Crippen LogP contribution is 2.18. The van der Waals surface area contributed by atoms with Gasteiger partial charge >= 0.3 is 6.03 Å². The number of carbonyl (C=O) groups excluding carboxylic acids is 1. The van der Waals surface area contributed by atoms with Crippen LogP contribution >= 0.6 is 0 Å². The van der Waals surface area contributed by atoms with E-state index in [1.54, 1.807) is 0 Å². The Morgan fingerprint density at radius 3 is 2.91 bits per heavy atom. The molecule has 2 N–H and O–H groups in total. The first-order chi connectivity index (χ1) is 10.6. The van der Waals surface area contributed by atoms with Crippen LogP contribution in [0.15, 0.2) is 18.2 Å². The number of nitrogens with zero attached hydrogens (tertiary/aromatic N) is 2. The third-order valence-corrected chi connectivity index (χ3v) is 4.56. The molecule has 118 valence electrons. The molecular weight excluding hydrogens is 276 g/mol. The third-order valence-electron chi connectivity index (χ3n) is 4.56. The van der Waals surface area contributed by atoms with Gasteiger partial charge in [-0.2, -0.15) is 0 Å². The van der Waals surface area contributed by atoms with Gasteiger partial charge < -0.3 is 15.2 Å². The number of amides is 2. The van der Waals surface area contributed by atoms with Crippen LogP contribution < -0.4 is 10.6 Å². The first-order valence-corrected chi connectivity index (χ1v) is 8.10. The fourth-order valence-electron chi connectivity index (χ4n) is 3.15. The number of hydrogen-bond donors (Lipinski definition) is 2. The molecule has 1 aromatic heterocycles. The van der Waals surface area contributed by atoms with E-state index in [0.29, 0.717) is 12.6 Å². The van der Waals surface area contributed by atoms with Crippen molar-refractivity contribution < 1.29 is 4.79 Å². The number of aromatic nitrogens is 2. The normalized spacial score (nSPS) is 15.4. The smallest absolute Gasteiger partial charge is 0.315 e. The van der Waals surface area contributed by atoms with E-state index in [4.69, 9.17) is 0 Å². The summed E-state index contributed by atoms with van der Waals surface area (Å²) in [5.74, 6) is 1.02. The van der Waals surface area contributed by atoms with Gasteiger partial charge in [0.25, 0.3) is 0 Å². The summed E-state index contributed by atoms with van der Waals surface area (Å²) in [5, 5.41) is 5.99. The summed E-state index contributed by atoms with van der Waals surface area (Å²) in [5.41, 5.74) is 3.37. The molecule has 0 saturated heterocycles. The molecule has 2 aromatic rings. The maximum atomic E-state index is 11.8. The van der Waals surface area contributed by atoms with Crippen LogP contribution in [0.3, 0.4) is 0 Å². The maximum Gasteiger partial charge on any atom is 0.315 e. The van der Waals surface area contributed by atoms with E-state index in [0.717, 1.165) is 36.1 Å². The highest BCUT2D eigenvalue weighted by Gasteiger charge is 2.16. The Balaban J connectivity index is 1.51. The van der Waals surface area contributed by atoms with Gasteiger partial charge in [0, 0.05) is 19.6 Å². The van der Waals surface area contributed by atoms with Gasteiger partial charge in [0.1, 0.15) is 5.82 Å². The second-order valence-corrected chi connectivity index (χ2v) is 6.17. The summed E-state index contributed by atoms with van der Waals surface area (Å²) in [4.78, 5) is 16.4. The zero-order chi connectivity index (χ0) is 15.5. The van der Waals surface area contributed by atoms with Gasteiger partial charge in [-0.05, 0) is 43.9 Å². The van der Waals surface area contributed by atoms with Crippen molar-refractivity contribution in [1.29, 1.82) is 0 Å². The second kappa shape index (κ2) is 6.38. The molecule has 0 aliphatic heterocycles. The Bertz CT molecular complexity index is 671. The average molecular weight is 300 g/mol. The Morgan fingerprint density at radius 1 is 1.36 bits per heavy atom. The van der Waals surface area contributed by atoms with Gasteiger partial charge in [-0.1, -0.05) is 18.9 Å². The standard InChI is InChI=1S/C17H24N4O/c1-12-19-15-11-13(7-8-16(15)21(12)2)9-10-18-17(22)20-14-5-3-4-6-14/h7-8,11,14H,3-6,9-10H2,1-2H3,(H2,18,20,22). The van der Waals surface area contributed by atoms with E-state index in [9.17, 15) is 4.79 Å². The highest BCUT2D eigenvalue weighted by atomic mass is 16.2. The lowest BCUT2D eigenvalue weighted by Gasteiger charge is -2.12. The van der Waals surface area contributed by atoms with Crippen molar-refractivity contribution in [1.82, 2.24) is 20.2 Å². The van der Waals surface area contributed by atoms with Gasteiger partial charge in [0.2, 0.25) is 0 Å². The van der Waals surface area contributed by atoms with Gasteiger partial charge in [0.15, 0.2) is 0 Å². The van der Waals surface area contributed by atoms with E-state index < -0.39 is 0 Å². The monoisotopic (exact) mass is 300 g/mol. The number of urea groups is 1. The molecule has 1 heterocycles. The van der Waals surface area contributed by atoms with E-state index in [-0.39, 0.29) is 6.03 Å². The van der Waals surface area contributed by atoms with Crippen molar-refractivity contribution in [3.05, 3.63) is 29.6 Å². The maximum absolute atomic E-state index is 11.8. The number of imidazole rings is 1. The number of benzene rings is 1. The van der Waals surface area contributed by atoms with Crippen molar-refractivity contribution in [3.8, 4) is 0 Å². The predicted molar refractivity (Wildman–Crippen MR) is 87.9 cm³/mol. The zero-order valence-electron chi connectivity index (χ0n) is 13.4. The van der Waals surface area contributed by atoms with E-state index >= 15 is 0 Å². The van der Waals surface area contributed by atoms with Crippen molar-refractivity contribution in [2.24, 2.45) is 7.05 Å². The first kappa shape index (κ1) is 14.9. The molecule has 0 spiro atoms. The summed E-state index contributed by atoms with van der Waals surface area (Å²) in [6, 6.07) is 6.65. The minimum atomic E-state index is -0.0401. The van der Waals surface area contributed by atoms with E-state index in [2.05, 4.69) is 38.4 Å². The van der Waals surface area contributed by atoms with Crippen LogP contribution in [-0.4, -0.2) is 28.2 Å². The number of nitrogens with one attached hydrogen (secondary N) is 2. The Morgan fingerprint density at radius 2 is 2.14 bits per heavy atom. The van der Waals surface area contributed by atoms with E-state index in [1.807, 2.05) is 14.0 Å². The first-order valence-electron chi connectivity index (χ1n) is 8.10. The van der Waals surface area contributed by atoms with Crippen molar-refractivity contribution >= 4 is 17.1 Å². The fraction of sp³-hybridized carbons (Fsp3) is 0.529. The molecule has 5 nitrogen and oxygen atoms in total. The topological polar surface area (TPSA) is 59.0 Å². The highest BCUT2D eigenvalue weighted by molar-refractivity contribution is 5.77. The van der Waals surface area contributed by atoms with Gasteiger partial charge in [0.05, 0.1) is 11.0 Å². The lowest BCUT2D eigenvalue weighted by molar-refractivity contribution is 0.237. The quantitative estimate of drug-likeness (QED) is 0.912. The molecule has 0 radical (unpaired) electrons. The van der Waals surface area contributed by atoms with Crippen molar-refractivity contribution in [2.45, 2.75) is 45.1 Å². The minimum Gasteiger partial charge on any atom is -0.338 e. The summed E-state index contributed by atoms with van der Waals surface area (Å²) >= 11 is 0. The third kappa shape index (κ3) is 3.24. The van der Waals surface area contributed by atoms with Gasteiger partial charge in [-0.15, -0.1) is 0 Å². The van der Waals surface area contributed by atoms with Crippen molar-refractivity contribution in [3.63, 3.8) is 0 Å². The number of aryl methyl sites for hydroxylation is 2. The SMILES string of the molecule is Cc1nc2cc(CCNC(=O)NC3CCCC3)ccc2n1C. The van der Waals surface area contributed by atoms with Gasteiger partial charge in [-0.3, -0.25) is 0 Å². The predicted octanol–water partition coefficient (Wildman–Crippen LogP) is 2.67.